The van der Waals surface area contributed by atoms with Crippen LogP contribution in [0.3, 0.4) is 0 Å². The van der Waals surface area contributed by atoms with Gasteiger partial charge in [0.1, 0.15) is 5.69 Å². The molecule has 0 radical (unpaired) electrons. The smallest absolute Gasteiger partial charge is 0.314 e. The zero-order chi connectivity index (χ0) is 16.4. The summed E-state index contributed by atoms with van der Waals surface area (Å²) in [6.07, 6.45) is -0.227. The van der Waals surface area contributed by atoms with Crippen LogP contribution in [-0.2, 0) is 14.3 Å². The third kappa shape index (κ3) is 3.36. The number of nitrogens with one attached hydrogen (secondary N) is 1. The van der Waals surface area contributed by atoms with E-state index >= 15 is 0 Å². The Kier molecular flexibility index (Phi) is 4.97. The van der Waals surface area contributed by atoms with Gasteiger partial charge in [-0.1, -0.05) is 11.6 Å². The first-order valence-corrected chi connectivity index (χ1v) is 7.07. The summed E-state index contributed by atoms with van der Waals surface area (Å²) in [5, 5.41) is 1.81. The Morgan fingerprint density at radius 3 is 2.50 bits per heavy atom. The second-order valence-corrected chi connectivity index (χ2v) is 5.45. The molecule has 0 spiro atoms. The van der Waals surface area contributed by atoms with Crippen LogP contribution in [0.25, 0.3) is 0 Å². The maximum absolute atomic E-state index is 13.6. The Balaban J connectivity index is 2.14. The second kappa shape index (κ2) is 6.58. The molecule has 5 nitrogen and oxygen atoms in total. The van der Waals surface area contributed by atoms with Gasteiger partial charge in [0.05, 0.1) is 18.8 Å². The molecule has 1 fully saturated rings. The summed E-state index contributed by atoms with van der Waals surface area (Å²) in [6.45, 7) is 4.05. The summed E-state index contributed by atoms with van der Waals surface area (Å²) in [5.41, 5.74) is -0.697. The second-order valence-electron chi connectivity index (χ2n) is 5.01. The highest BCUT2D eigenvalue weighted by atomic mass is 35.5. The lowest BCUT2D eigenvalue weighted by atomic mass is 10.1. The van der Waals surface area contributed by atoms with Crippen molar-refractivity contribution in [3.05, 3.63) is 28.8 Å². The SMILES string of the molecule is C[C@@H]1[C@@H](C)OCCN1C(=O)C(=O)Nc1c(F)cc(Cl)cc1F. The molecule has 1 heterocycles. The number of ether oxygens (including phenoxy) is 1. The topological polar surface area (TPSA) is 58.6 Å². The quantitative estimate of drug-likeness (QED) is 0.802. The lowest BCUT2D eigenvalue weighted by Gasteiger charge is -2.37. The number of benzene rings is 1. The minimum absolute atomic E-state index is 0.144. The predicted molar refractivity (Wildman–Crippen MR) is 76.6 cm³/mol. The molecule has 1 N–H and O–H groups in total. The molecule has 120 valence electrons. The molecule has 0 unspecified atom stereocenters. The predicted octanol–water partition coefficient (Wildman–Crippen LogP) is 2.19. The van der Waals surface area contributed by atoms with Gasteiger partial charge >= 0.3 is 11.8 Å². The molecule has 22 heavy (non-hydrogen) atoms. The van der Waals surface area contributed by atoms with Gasteiger partial charge in [-0.25, -0.2) is 8.78 Å². The van der Waals surface area contributed by atoms with Gasteiger partial charge < -0.3 is 15.0 Å². The van der Waals surface area contributed by atoms with Gasteiger partial charge in [-0.05, 0) is 26.0 Å². The zero-order valence-electron chi connectivity index (χ0n) is 12.0. The largest absolute Gasteiger partial charge is 0.375 e. The van der Waals surface area contributed by atoms with Gasteiger partial charge in [0.25, 0.3) is 0 Å². The molecule has 1 aromatic rings. The molecule has 1 aliphatic rings. The molecule has 0 bridgehead atoms. The molecular formula is C14H15ClF2N2O3. The standard InChI is InChI=1S/C14H15ClF2N2O3/c1-7-8(2)22-4-3-19(7)14(21)13(20)18-12-10(16)5-9(15)6-11(12)17/h5-8H,3-4H2,1-2H3,(H,18,20)/t7-,8-/m1/s1. The first kappa shape index (κ1) is 16.6. The highest BCUT2D eigenvalue weighted by Crippen LogP contribution is 2.23. The van der Waals surface area contributed by atoms with Crippen LogP contribution in [0.5, 0.6) is 0 Å². The molecule has 1 aromatic carbocycles. The monoisotopic (exact) mass is 332 g/mol. The normalized spacial score (nSPS) is 21.6. The number of amides is 2. The van der Waals surface area contributed by atoms with Crippen molar-refractivity contribution in [1.29, 1.82) is 0 Å². The van der Waals surface area contributed by atoms with E-state index < -0.39 is 29.1 Å². The molecule has 0 aromatic heterocycles. The Hall–Kier alpha value is -1.73. The number of halogens is 3. The average Bonchev–Trinajstić information content (AvgIpc) is 2.44. The van der Waals surface area contributed by atoms with E-state index in [0.29, 0.717) is 6.61 Å². The summed E-state index contributed by atoms with van der Waals surface area (Å²) >= 11 is 5.50. The van der Waals surface area contributed by atoms with E-state index in [0.717, 1.165) is 12.1 Å². The van der Waals surface area contributed by atoms with E-state index in [1.807, 2.05) is 5.32 Å². The van der Waals surface area contributed by atoms with Crippen molar-refractivity contribution in [2.24, 2.45) is 0 Å². The van der Waals surface area contributed by atoms with Crippen LogP contribution in [0, 0.1) is 11.6 Å². The maximum Gasteiger partial charge on any atom is 0.314 e. The van der Waals surface area contributed by atoms with Gasteiger partial charge in [0.2, 0.25) is 0 Å². The molecule has 0 aliphatic carbocycles. The van der Waals surface area contributed by atoms with Crippen LogP contribution < -0.4 is 5.32 Å². The van der Waals surface area contributed by atoms with E-state index in [1.54, 1.807) is 13.8 Å². The number of hydrogen-bond donors (Lipinski definition) is 1. The minimum atomic E-state index is -1.11. The van der Waals surface area contributed by atoms with Crippen molar-refractivity contribution in [1.82, 2.24) is 4.90 Å². The van der Waals surface area contributed by atoms with Gasteiger partial charge in [-0.15, -0.1) is 0 Å². The molecular weight excluding hydrogens is 318 g/mol. The summed E-state index contributed by atoms with van der Waals surface area (Å²) in [5.74, 6) is -4.07. The molecule has 2 amide bonds. The van der Waals surface area contributed by atoms with Crippen LogP contribution in [0.15, 0.2) is 12.1 Å². The summed E-state index contributed by atoms with van der Waals surface area (Å²) < 4.78 is 32.6. The highest BCUT2D eigenvalue weighted by molar-refractivity contribution is 6.39. The number of rotatable bonds is 1. The maximum atomic E-state index is 13.6. The van der Waals surface area contributed by atoms with Crippen molar-refractivity contribution in [3.63, 3.8) is 0 Å². The molecule has 1 aliphatic heterocycles. The fourth-order valence-electron chi connectivity index (χ4n) is 2.18. The van der Waals surface area contributed by atoms with Gasteiger partial charge in [-0.3, -0.25) is 9.59 Å². The number of hydrogen-bond acceptors (Lipinski definition) is 3. The van der Waals surface area contributed by atoms with Crippen LogP contribution >= 0.6 is 11.6 Å². The Bertz CT molecular complexity index is 589. The van der Waals surface area contributed by atoms with E-state index in [4.69, 9.17) is 16.3 Å². The number of nitrogens with zero attached hydrogens (tertiary/aromatic N) is 1. The lowest BCUT2D eigenvalue weighted by Crippen LogP contribution is -2.54. The summed E-state index contributed by atoms with van der Waals surface area (Å²) in [6, 6.07) is 1.39. The van der Waals surface area contributed by atoms with Crippen molar-refractivity contribution >= 4 is 29.1 Å². The number of anilines is 1. The average molecular weight is 333 g/mol. The minimum Gasteiger partial charge on any atom is -0.375 e. The number of carbonyl (C=O) groups excluding carboxylic acids is 2. The van der Waals surface area contributed by atoms with E-state index in [-0.39, 0.29) is 23.7 Å². The van der Waals surface area contributed by atoms with Crippen molar-refractivity contribution < 1.29 is 23.1 Å². The van der Waals surface area contributed by atoms with Gasteiger partial charge in [-0.2, -0.15) is 0 Å². The van der Waals surface area contributed by atoms with E-state index in [9.17, 15) is 18.4 Å². The Morgan fingerprint density at radius 1 is 1.32 bits per heavy atom. The molecule has 8 heteroatoms. The highest BCUT2D eigenvalue weighted by Gasteiger charge is 2.33. The molecule has 2 rings (SSSR count). The number of morpholine rings is 1. The third-order valence-electron chi connectivity index (χ3n) is 3.58. The third-order valence-corrected chi connectivity index (χ3v) is 3.80. The van der Waals surface area contributed by atoms with Gasteiger partial charge in [0, 0.05) is 11.6 Å². The number of carbonyl (C=O) groups is 2. The van der Waals surface area contributed by atoms with Crippen molar-refractivity contribution in [2.75, 3.05) is 18.5 Å². The fourth-order valence-corrected chi connectivity index (χ4v) is 2.37. The Morgan fingerprint density at radius 2 is 1.91 bits per heavy atom. The first-order valence-electron chi connectivity index (χ1n) is 6.69. The van der Waals surface area contributed by atoms with Crippen LogP contribution in [-0.4, -0.2) is 42.0 Å². The summed E-state index contributed by atoms with van der Waals surface area (Å²) in [4.78, 5) is 25.4. The van der Waals surface area contributed by atoms with Crippen molar-refractivity contribution in [3.8, 4) is 0 Å². The van der Waals surface area contributed by atoms with Crippen LogP contribution in [0.2, 0.25) is 5.02 Å². The van der Waals surface area contributed by atoms with E-state index in [2.05, 4.69) is 0 Å². The lowest BCUT2D eigenvalue weighted by molar-refractivity contribution is -0.152. The molecule has 0 saturated carbocycles. The van der Waals surface area contributed by atoms with Crippen LogP contribution in [0.4, 0.5) is 14.5 Å². The van der Waals surface area contributed by atoms with E-state index in [1.165, 1.54) is 4.90 Å². The van der Waals surface area contributed by atoms with Crippen LogP contribution in [0.1, 0.15) is 13.8 Å². The van der Waals surface area contributed by atoms with Gasteiger partial charge in [0.15, 0.2) is 11.6 Å². The van der Waals surface area contributed by atoms with Crippen molar-refractivity contribution in [2.45, 2.75) is 26.0 Å². The first-order chi connectivity index (χ1) is 10.3. The molecule has 1 saturated heterocycles. The summed E-state index contributed by atoms with van der Waals surface area (Å²) in [7, 11) is 0. The fraction of sp³-hybridized carbons (Fsp3) is 0.429. The molecule has 2 atom stereocenters. The Labute approximate surface area is 131 Å². The zero-order valence-corrected chi connectivity index (χ0v) is 12.8.